The molecule has 2 atom stereocenters. The molecule has 0 unspecified atom stereocenters. The zero-order valence-electron chi connectivity index (χ0n) is 13.2. The first-order chi connectivity index (χ1) is 10.2. The summed E-state index contributed by atoms with van der Waals surface area (Å²) in [6, 6.07) is 6.19. The lowest BCUT2D eigenvalue weighted by Gasteiger charge is -2.44. The van der Waals surface area contributed by atoms with Crippen molar-refractivity contribution in [3.05, 3.63) is 23.8 Å². The molecule has 0 saturated carbocycles. The minimum atomic E-state index is -0.278. The number of fused-ring (bicyclic) bond motifs is 3. The second kappa shape index (κ2) is 7.34. The van der Waals surface area contributed by atoms with E-state index in [1.165, 1.54) is 31.7 Å². The van der Waals surface area contributed by atoms with Crippen LogP contribution in [0.2, 0.25) is 0 Å². The number of halogens is 1. The molecule has 2 aliphatic rings. The van der Waals surface area contributed by atoms with E-state index in [0.29, 0.717) is 17.7 Å². The number of benzene rings is 1. The molecule has 22 heavy (non-hydrogen) atoms. The van der Waals surface area contributed by atoms with Crippen LogP contribution >= 0.6 is 12.4 Å². The summed E-state index contributed by atoms with van der Waals surface area (Å²) in [6.45, 7) is 6.72. The van der Waals surface area contributed by atoms with Gasteiger partial charge in [-0.05, 0) is 50.6 Å². The normalized spacial score (nSPS) is 23.5. The summed E-state index contributed by atoms with van der Waals surface area (Å²) in [7, 11) is 0. The molecule has 122 valence electrons. The highest BCUT2D eigenvalue weighted by Crippen LogP contribution is 2.42. The van der Waals surface area contributed by atoms with E-state index in [2.05, 4.69) is 11.8 Å². The van der Waals surface area contributed by atoms with Crippen LogP contribution in [0.25, 0.3) is 0 Å². The van der Waals surface area contributed by atoms with Gasteiger partial charge in [0.05, 0.1) is 6.04 Å². The first-order valence-corrected chi connectivity index (χ1v) is 7.88. The van der Waals surface area contributed by atoms with Crippen molar-refractivity contribution in [3.8, 4) is 11.5 Å². The van der Waals surface area contributed by atoms with Gasteiger partial charge in [-0.15, -0.1) is 12.4 Å². The summed E-state index contributed by atoms with van der Waals surface area (Å²) in [6.07, 6.45) is 3.58. The van der Waals surface area contributed by atoms with Crippen molar-refractivity contribution < 1.29 is 14.3 Å². The van der Waals surface area contributed by atoms with Crippen LogP contribution in [-0.4, -0.2) is 36.6 Å². The number of hydrogen-bond acceptors (Lipinski definition) is 4. The van der Waals surface area contributed by atoms with Crippen molar-refractivity contribution in [2.24, 2.45) is 0 Å². The Morgan fingerprint density at radius 1 is 1.45 bits per heavy atom. The van der Waals surface area contributed by atoms with Crippen LogP contribution in [0.15, 0.2) is 18.2 Å². The van der Waals surface area contributed by atoms with Gasteiger partial charge in [0.1, 0.15) is 18.1 Å². The second-order valence-electron chi connectivity index (χ2n) is 5.96. The molecule has 0 bridgehead atoms. The van der Waals surface area contributed by atoms with E-state index < -0.39 is 0 Å². The number of carbonyl (C=O) groups is 1. The van der Waals surface area contributed by atoms with Crippen LogP contribution < -0.4 is 9.47 Å². The highest BCUT2D eigenvalue weighted by Gasteiger charge is 2.37. The van der Waals surface area contributed by atoms with E-state index in [0.717, 1.165) is 25.4 Å². The molecular formula is C17H24ClNO3. The quantitative estimate of drug-likeness (QED) is 0.631. The van der Waals surface area contributed by atoms with Crippen LogP contribution in [0.4, 0.5) is 0 Å². The molecule has 0 aliphatic carbocycles. The number of likely N-dealkylation sites (tertiary alicyclic amines) is 1. The summed E-state index contributed by atoms with van der Waals surface area (Å²) in [5.41, 5.74) is 1.20. The number of nitrogens with zero attached hydrogens (tertiary/aromatic N) is 1. The second-order valence-corrected chi connectivity index (χ2v) is 5.96. The molecule has 2 heterocycles. The van der Waals surface area contributed by atoms with Gasteiger partial charge in [-0.1, -0.05) is 6.92 Å². The van der Waals surface area contributed by atoms with Gasteiger partial charge in [0.15, 0.2) is 0 Å². The molecule has 0 N–H and O–H groups in total. The molecular weight excluding hydrogens is 302 g/mol. The molecule has 3 rings (SSSR count). The van der Waals surface area contributed by atoms with Gasteiger partial charge in [0.2, 0.25) is 0 Å². The molecule has 1 aromatic carbocycles. The number of esters is 1. The van der Waals surface area contributed by atoms with E-state index in [1.807, 2.05) is 18.2 Å². The van der Waals surface area contributed by atoms with Crippen LogP contribution in [0.3, 0.4) is 0 Å². The van der Waals surface area contributed by atoms with Crippen LogP contribution in [-0.2, 0) is 4.79 Å². The van der Waals surface area contributed by atoms with Crippen molar-refractivity contribution in [2.75, 3.05) is 19.7 Å². The molecule has 0 amide bonds. The number of rotatable bonds is 3. The van der Waals surface area contributed by atoms with E-state index in [-0.39, 0.29) is 18.4 Å². The number of carbonyl (C=O) groups excluding carboxylic acids is 1. The lowest BCUT2D eigenvalue weighted by Crippen LogP contribution is -2.49. The van der Waals surface area contributed by atoms with E-state index in [1.54, 1.807) is 0 Å². The smallest absolute Gasteiger partial charge is 0.308 e. The summed E-state index contributed by atoms with van der Waals surface area (Å²) in [4.78, 5) is 13.7. The fourth-order valence-corrected chi connectivity index (χ4v) is 3.63. The Balaban J connectivity index is 0.00000176. The molecule has 0 spiro atoms. The van der Waals surface area contributed by atoms with Crippen molar-refractivity contribution in [2.45, 2.75) is 45.1 Å². The standard InChI is InChI=1S/C17H23NO3.ClH/c1-3-8-18-9-4-5-14-15-10-13(21-12(2)19)6-7-17(15)20-11-16(14)18;/h6-7,10,14,16H,3-5,8-9,11H2,1-2H3;1H/t14-,16-;/m0./s1. The van der Waals surface area contributed by atoms with Crippen LogP contribution in [0.1, 0.15) is 44.6 Å². The fourth-order valence-electron chi connectivity index (χ4n) is 3.63. The first kappa shape index (κ1) is 17.1. The third-order valence-corrected chi connectivity index (χ3v) is 4.46. The maximum atomic E-state index is 11.1. The molecule has 0 radical (unpaired) electrons. The van der Waals surface area contributed by atoms with Gasteiger partial charge < -0.3 is 9.47 Å². The Bertz CT molecular complexity index is 533. The zero-order chi connectivity index (χ0) is 14.8. The molecule has 1 saturated heterocycles. The Morgan fingerprint density at radius 2 is 2.27 bits per heavy atom. The third kappa shape index (κ3) is 3.39. The van der Waals surface area contributed by atoms with Crippen molar-refractivity contribution in [3.63, 3.8) is 0 Å². The average molecular weight is 326 g/mol. The van der Waals surface area contributed by atoms with Crippen molar-refractivity contribution >= 4 is 18.4 Å². The SMILES string of the molecule is CCCN1CCC[C@H]2c3cc(OC(C)=O)ccc3OC[C@@H]21.Cl. The maximum Gasteiger partial charge on any atom is 0.308 e. The minimum Gasteiger partial charge on any atom is -0.492 e. The topological polar surface area (TPSA) is 38.8 Å². The number of hydrogen-bond donors (Lipinski definition) is 0. The summed E-state index contributed by atoms with van der Waals surface area (Å²) < 4.78 is 11.2. The Hall–Kier alpha value is -1.26. The largest absolute Gasteiger partial charge is 0.492 e. The van der Waals surface area contributed by atoms with Gasteiger partial charge in [-0.2, -0.15) is 0 Å². The predicted molar refractivity (Wildman–Crippen MR) is 88.1 cm³/mol. The van der Waals surface area contributed by atoms with Crippen molar-refractivity contribution in [1.29, 1.82) is 0 Å². The molecule has 4 nitrogen and oxygen atoms in total. The molecule has 0 aromatic heterocycles. The molecule has 5 heteroatoms. The zero-order valence-corrected chi connectivity index (χ0v) is 14.0. The minimum absolute atomic E-state index is 0. The number of ether oxygens (including phenoxy) is 2. The van der Waals surface area contributed by atoms with Crippen molar-refractivity contribution in [1.82, 2.24) is 4.90 Å². The molecule has 1 aromatic rings. The lowest BCUT2D eigenvalue weighted by atomic mass is 9.81. The Labute approximate surface area is 138 Å². The highest BCUT2D eigenvalue weighted by atomic mass is 35.5. The van der Waals surface area contributed by atoms with Crippen LogP contribution in [0, 0.1) is 0 Å². The summed E-state index contributed by atoms with van der Waals surface area (Å²) in [5, 5.41) is 0. The van der Waals surface area contributed by atoms with E-state index >= 15 is 0 Å². The van der Waals surface area contributed by atoms with Gasteiger partial charge in [0.25, 0.3) is 0 Å². The van der Waals surface area contributed by atoms with E-state index in [4.69, 9.17) is 9.47 Å². The first-order valence-electron chi connectivity index (χ1n) is 7.88. The fraction of sp³-hybridized carbons (Fsp3) is 0.588. The molecule has 2 aliphatic heterocycles. The number of piperidine rings is 1. The maximum absolute atomic E-state index is 11.1. The van der Waals surface area contributed by atoms with Gasteiger partial charge >= 0.3 is 5.97 Å². The van der Waals surface area contributed by atoms with Gasteiger partial charge in [0, 0.05) is 18.4 Å². The molecule has 1 fully saturated rings. The third-order valence-electron chi connectivity index (χ3n) is 4.46. The van der Waals surface area contributed by atoms with E-state index in [9.17, 15) is 4.79 Å². The van der Waals surface area contributed by atoms with Gasteiger partial charge in [-0.25, -0.2) is 0 Å². The summed E-state index contributed by atoms with van der Waals surface area (Å²) >= 11 is 0. The van der Waals surface area contributed by atoms with Gasteiger partial charge in [-0.3, -0.25) is 9.69 Å². The predicted octanol–water partition coefficient (Wildman–Crippen LogP) is 3.38. The Morgan fingerprint density at radius 3 is 3.00 bits per heavy atom. The Kier molecular flexibility index (Phi) is 5.70. The highest BCUT2D eigenvalue weighted by molar-refractivity contribution is 5.85. The van der Waals surface area contributed by atoms with Crippen LogP contribution in [0.5, 0.6) is 11.5 Å². The average Bonchev–Trinajstić information content (AvgIpc) is 2.47. The monoisotopic (exact) mass is 325 g/mol. The lowest BCUT2D eigenvalue weighted by molar-refractivity contribution is -0.131. The summed E-state index contributed by atoms with van der Waals surface area (Å²) in [5.74, 6) is 1.78.